The lowest BCUT2D eigenvalue weighted by Crippen LogP contribution is -2.32. The van der Waals surface area contributed by atoms with Crippen LogP contribution in [0.15, 0.2) is 58.4 Å². The fourth-order valence-corrected chi connectivity index (χ4v) is 3.96. The Kier molecular flexibility index (Phi) is 6.08. The maximum absolute atomic E-state index is 12.5. The molecule has 3 rings (SSSR count). The Morgan fingerprint density at radius 3 is 2.48 bits per heavy atom. The van der Waals surface area contributed by atoms with Gasteiger partial charge < -0.3 is 10.6 Å². The molecular formula is C21H19BrN2O2S. The standard InChI is InChI=1S/C21H19BrN2O2S/c1-13-3-5-15(6-4-13)17-9-10-27-20(17)21(26)23-12-19(25)24-18-8-7-16(22)11-14(18)2/h3-11H,12H2,1-2H3,(H,23,26)(H,24,25). The van der Waals surface area contributed by atoms with Gasteiger partial charge in [-0.2, -0.15) is 0 Å². The van der Waals surface area contributed by atoms with Crippen molar-refractivity contribution in [1.29, 1.82) is 0 Å². The van der Waals surface area contributed by atoms with Gasteiger partial charge in [-0.15, -0.1) is 11.3 Å². The molecule has 2 amide bonds. The molecule has 27 heavy (non-hydrogen) atoms. The first kappa shape index (κ1) is 19.3. The number of carbonyl (C=O) groups is 2. The lowest BCUT2D eigenvalue weighted by atomic mass is 10.0. The smallest absolute Gasteiger partial charge is 0.262 e. The topological polar surface area (TPSA) is 58.2 Å². The Hall–Kier alpha value is -2.44. The van der Waals surface area contributed by atoms with E-state index in [1.807, 2.05) is 67.8 Å². The van der Waals surface area contributed by atoms with Crippen molar-refractivity contribution in [1.82, 2.24) is 5.32 Å². The van der Waals surface area contributed by atoms with E-state index in [0.717, 1.165) is 26.9 Å². The number of benzene rings is 2. The summed E-state index contributed by atoms with van der Waals surface area (Å²) in [5.74, 6) is -0.509. The van der Waals surface area contributed by atoms with E-state index in [1.165, 1.54) is 16.9 Å². The number of carbonyl (C=O) groups excluding carboxylic acids is 2. The molecule has 0 bridgehead atoms. The highest BCUT2D eigenvalue weighted by Gasteiger charge is 2.15. The molecule has 4 nitrogen and oxygen atoms in total. The summed E-state index contributed by atoms with van der Waals surface area (Å²) in [7, 11) is 0. The fourth-order valence-electron chi connectivity index (χ4n) is 2.65. The largest absolute Gasteiger partial charge is 0.342 e. The van der Waals surface area contributed by atoms with E-state index in [1.54, 1.807) is 0 Å². The highest BCUT2D eigenvalue weighted by Crippen LogP contribution is 2.28. The number of hydrogen-bond donors (Lipinski definition) is 2. The van der Waals surface area contributed by atoms with Crippen molar-refractivity contribution in [2.24, 2.45) is 0 Å². The van der Waals surface area contributed by atoms with Crippen LogP contribution in [0, 0.1) is 13.8 Å². The number of hydrogen-bond acceptors (Lipinski definition) is 3. The average molecular weight is 443 g/mol. The molecule has 138 valence electrons. The van der Waals surface area contributed by atoms with E-state index in [9.17, 15) is 9.59 Å². The first-order valence-corrected chi connectivity index (χ1v) is 10.1. The van der Waals surface area contributed by atoms with Gasteiger partial charge in [0.15, 0.2) is 0 Å². The fraction of sp³-hybridized carbons (Fsp3) is 0.143. The molecule has 0 fully saturated rings. The summed E-state index contributed by atoms with van der Waals surface area (Å²) in [5.41, 5.74) is 4.71. The zero-order valence-corrected chi connectivity index (χ0v) is 17.4. The first-order valence-electron chi connectivity index (χ1n) is 8.43. The van der Waals surface area contributed by atoms with Gasteiger partial charge in [0.1, 0.15) is 0 Å². The van der Waals surface area contributed by atoms with Gasteiger partial charge in [-0.25, -0.2) is 0 Å². The van der Waals surface area contributed by atoms with E-state index < -0.39 is 0 Å². The Morgan fingerprint density at radius 1 is 1.04 bits per heavy atom. The maximum Gasteiger partial charge on any atom is 0.262 e. The molecule has 0 saturated heterocycles. The molecule has 3 aromatic rings. The van der Waals surface area contributed by atoms with Gasteiger partial charge in [0, 0.05) is 15.7 Å². The van der Waals surface area contributed by atoms with Gasteiger partial charge >= 0.3 is 0 Å². The van der Waals surface area contributed by atoms with E-state index in [2.05, 4.69) is 26.6 Å². The van der Waals surface area contributed by atoms with Crippen molar-refractivity contribution in [2.45, 2.75) is 13.8 Å². The Labute approximate surface area is 170 Å². The summed E-state index contributed by atoms with van der Waals surface area (Å²) >= 11 is 4.76. The van der Waals surface area contributed by atoms with Crippen LogP contribution in [0.25, 0.3) is 11.1 Å². The second-order valence-electron chi connectivity index (χ2n) is 6.22. The van der Waals surface area contributed by atoms with Crippen LogP contribution in [0.1, 0.15) is 20.8 Å². The minimum absolute atomic E-state index is 0.0838. The van der Waals surface area contributed by atoms with Crippen LogP contribution < -0.4 is 10.6 Å². The minimum atomic E-state index is -0.262. The molecule has 0 atom stereocenters. The number of halogens is 1. The minimum Gasteiger partial charge on any atom is -0.342 e. The number of amides is 2. The zero-order chi connectivity index (χ0) is 19.4. The second-order valence-corrected chi connectivity index (χ2v) is 8.05. The van der Waals surface area contributed by atoms with E-state index >= 15 is 0 Å². The summed E-state index contributed by atoms with van der Waals surface area (Å²) in [5, 5.41) is 7.41. The van der Waals surface area contributed by atoms with Crippen molar-refractivity contribution in [3.8, 4) is 11.1 Å². The van der Waals surface area contributed by atoms with E-state index in [4.69, 9.17) is 0 Å². The normalized spacial score (nSPS) is 10.5. The van der Waals surface area contributed by atoms with E-state index in [-0.39, 0.29) is 18.4 Å². The van der Waals surface area contributed by atoms with Crippen LogP contribution in [0.5, 0.6) is 0 Å². The Morgan fingerprint density at radius 2 is 1.78 bits per heavy atom. The van der Waals surface area contributed by atoms with Crippen molar-refractivity contribution >= 4 is 44.8 Å². The van der Waals surface area contributed by atoms with Gasteiger partial charge in [-0.3, -0.25) is 9.59 Å². The Balaban J connectivity index is 1.64. The highest BCUT2D eigenvalue weighted by molar-refractivity contribution is 9.10. The summed E-state index contributed by atoms with van der Waals surface area (Å²) in [6.45, 7) is 3.86. The third-order valence-corrected chi connectivity index (χ3v) is 5.51. The third-order valence-electron chi connectivity index (χ3n) is 4.11. The summed E-state index contributed by atoms with van der Waals surface area (Å²) < 4.78 is 0.952. The Bertz CT molecular complexity index is 980. The highest BCUT2D eigenvalue weighted by atomic mass is 79.9. The van der Waals surface area contributed by atoms with Gasteiger partial charge in [0.05, 0.1) is 11.4 Å². The third kappa shape index (κ3) is 4.84. The summed E-state index contributed by atoms with van der Waals surface area (Å²) in [6.07, 6.45) is 0. The van der Waals surface area contributed by atoms with Crippen molar-refractivity contribution in [2.75, 3.05) is 11.9 Å². The number of thiophene rings is 1. The molecule has 0 aliphatic carbocycles. The van der Waals surface area contributed by atoms with Gasteiger partial charge in [0.25, 0.3) is 5.91 Å². The summed E-state index contributed by atoms with van der Waals surface area (Å²) in [6, 6.07) is 15.6. The van der Waals surface area contributed by atoms with Crippen LogP contribution in [-0.2, 0) is 4.79 Å². The quantitative estimate of drug-likeness (QED) is 0.572. The van der Waals surface area contributed by atoms with Crippen LogP contribution in [0.2, 0.25) is 0 Å². The molecule has 1 aromatic heterocycles. The van der Waals surface area contributed by atoms with Crippen LogP contribution >= 0.6 is 27.3 Å². The summed E-state index contributed by atoms with van der Waals surface area (Å²) in [4.78, 5) is 25.3. The van der Waals surface area contributed by atoms with Crippen molar-refractivity contribution < 1.29 is 9.59 Å². The molecule has 0 radical (unpaired) electrons. The van der Waals surface area contributed by atoms with Gasteiger partial charge in [-0.05, 0) is 54.6 Å². The van der Waals surface area contributed by atoms with Crippen molar-refractivity contribution in [3.63, 3.8) is 0 Å². The monoisotopic (exact) mass is 442 g/mol. The predicted molar refractivity (Wildman–Crippen MR) is 114 cm³/mol. The lowest BCUT2D eigenvalue weighted by Gasteiger charge is -2.10. The second kappa shape index (κ2) is 8.50. The molecule has 2 N–H and O–H groups in total. The first-order chi connectivity index (χ1) is 12.9. The molecule has 2 aromatic carbocycles. The van der Waals surface area contributed by atoms with Gasteiger partial charge in [-0.1, -0.05) is 45.8 Å². The molecule has 0 saturated carbocycles. The van der Waals surface area contributed by atoms with Crippen LogP contribution in [-0.4, -0.2) is 18.4 Å². The molecule has 0 aliphatic heterocycles. The molecule has 1 heterocycles. The van der Waals surface area contributed by atoms with Crippen molar-refractivity contribution in [3.05, 3.63) is 74.4 Å². The lowest BCUT2D eigenvalue weighted by molar-refractivity contribution is -0.115. The predicted octanol–water partition coefficient (Wildman–Crippen LogP) is 5.16. The maximum atomic E-state index is 12.5. The number of aryl methyl sites for hydroxylation is 2. The molecular weight excluding hydrogens is 424 g/mol. The van der Waals surface area contributed by atoms with Crippen LogP contribution in [0.4, 0.5) is 5.69 Å². The molecule has 6 heteroatoms. The molecule has 0 spiro atoms. The molecule has 0 aliphatic rings. The zero-order valence-electron chi connectivity index (χ0n) is 15.0. The number of nitrogens with one attached hydrogen (secondary N) is 2. The average Bonchev–Trinajstić information content (AvgIpc) is 3.12. The van der Waals surface area contributed by atoms with E-state index in [0.29, 0.717) is 4.88 Å². The van der Waals surface area contributed by atoms with Crippen LogP contribution in [0.3, 0.4) is 0 Å². The number of rotatable bonds is 5. The van der Waals surface area contributed by atoms with Gasteiger partial charge in [0.2, 0.25) is 5.91 Å². The SMILES string of the molecule is Cc1ccc(-c2ccsc2C(=O)NCC(=O)Nc2ccc(Br)cc2C)cc1. The molecule has 0 unspecified atom stereocenters. The number of anilines is 1.